The van der Waals surface area contributed by atoms with Gasteiger partial charge < -0.3 is 0 Å². The molecule has 0 aliphatic rings. The highest BCUT2D eigenvalue weighted by atomic mass is 35.5. The second-order valence-electron chi connectivity index (χ2n) is 4.12. The molecule has 0 aliphatic carbocycles. The molecule has 1 heterocycles. The number of rotatable bonds is 4. The Kier molecular flexibility index (Phi) is 5.89. The van der Waals surface area contributed by atoms with Crippen molar-refractivity contribution < 1.29 is 18.4 Å². The van der Waals surface area contributed by atoms with Crippen LogP contribution in [0.15, 0.2) is 47.6 Å². The maximum absolute atomic E-state index is 12.5. The van der Waals surface area contributed by atoms with Gasteiger partial charge in [-0.15, -0.1) is 0 Å². The van der Waals surface area contributed by atoms with E-state index in [0.29, 0.717) is 0 Å². The van der Waals surface area contributed by atoms with Crippen LogP contribution in [0.25, 0.3) is 0 Å². The van der Waals surface area contributed by atoms with Crippen LogP contribution in [0.3, 0.4) is 0 Å². The maximum atomic E-state index is 12.5. The van der Waals surface area contributed by atoms with Gasteiger partial charge in [0.1, 0.15) is 5.03 Å². The number of nitrogens with zero attached hydrogens (tertiary/aromatic N) is 1. The number of hydrogen-bond donors (Lipinski definition) is 2. The molecule has 0 saturated heterocycles. The molecule has 5 nitrogen and oxygen atoms in total. The summed E-state index contributed by atoms with van der Waals surface area (Å²) in [4.78, 5) is 27.7. The van der Waals surface area contributed by atoms with Crippen LogP contribution in [-0.4, -0.2) is 22.6 Å². The topological polar surface area (TPSA) is 71.1 Å². The van der Waals surface area contributed by atoms with Gasteiger partial charge in [-0.1, -0.05) is 23.7 Å². The van der Waals surface area contributed by atoms with E-state index >= 15 is 0 Å². The van der Waals surface area contributed by atoms with Crippen LogP contribution in [0.2, 0.25) is 5.02 Å². The third-order valence-corrected chi connectivity index (χ3v) is 3.68. The number of halogens is 3. The molecule has 23 heavy (non-hydrogen) atoms. The first-order chi connectivity index (χ1) is 11.0. The summed E-state index contributed by atoms with van der Waals surface area (Å²) in [7, 11) is 0. The lowest BCUT2D eigenvalue weighted by Gasteiger charge is -2.10. The fraction of sp³-hybridized carbons (Fsp3) is 0.0714. The molecule has 0 unspecified atom stereocenters. The number of alkyl halides is 2. The van der Waals surface area contributed by atoms with Gasteiger partial charge in [0.05, 0.1) is 16.1 Å². The monoisotopic (exact) mass is 357 g/mol. The lowest BCUT2D eigenvalue weighted by atomic mass is 10.2. The van der Waals surface area contributed by atoms with Crippen molar-refractivity contribution in [1.29, 1.82) is 0 Å². The summed E-state index contributed by atoms with van der Waals surface area (Å²) in [6.45, 7) is 0. The molecule has 0 spiro atoms. The molecule has 2 N–H and O–H groups in total. The summed E-state index contributed by atoms with van der Waals surface area (Å²) >= 11 is 6.01. The lowest BCUT2D eigenvalue weighted by Crippen LogP contribution is -2.42. The van der Waals surface area contributed by atoms with Gasteiger partial charge in [0, 0.05) is 6.20 Å². The second-order valence-corrected chi connectivity index (χ2v) is 5.51. The van der Waals surface area contributed by atoms with E-state index in [4.69, 9.17) is 11.6 Å². The van der Waals surface area contributed by atoms with E-state index < -0.39 is 17.6 Å². The molecular formula is C14H10ClF2N3O2S. The van der Waals surface area contributed by atoms with Crippen molar-refractivity contribution in [3.8, 4) is 0 Å². The Morgan fingerprint density at radius 1 is 1.04 bits per heavy atom. The van der Waals surface area contributed by atoms with Crippen molar-refractivity contribution >= 4 is 35.2 Å². The number of aromatic nitrogens is 1. The van der Waals surface area contributed by atoms with E-state index in [0.717, 1.165) is 0 Å². The Labute approximate surface area is 139 Å². The van der Waals surface area contributed by atoms with Gasteiger partial charge in [-0.2, -0.15) is 8.78 Å². The normalized spacial score (nSPS) is 10.4. The third kappa shape index (κ3) is 4.64. The lowest BCUT2D eigenvalue weighted by molar-refractivity contribution is 0.0844. The SMILES string of the molecule is O=C(NNC(=O)c1cccnc1SC(F)F)c1ccccc1Cl. The number of carbonyl (C=O) groups is 2. The number of pyridine rings is 1. The van der Waals surface area contributed by atoms with E-state index in [2.05, 4.69) is 15.8 Å². The minimum Gasteiger partial charge on any atom is -0.267 e. The summed E-state index contributed by atoms with van der Waals surface area (Å²) in [5, 5.41) is 0.0848. The quantitative estimate of drug-likeness (QED) is 0.651. The molecule has 0 aliphatic heterocycles. The zero-order valence-electron chi connectivity index (χ0n) is 11.4. The van der Waals surface area contributed by atoms with Crippen molar-refractivity contribution in [2.75, 3.05) is 0 Å². The number of hydrazine groups is 1. The van der Waals surface area contributed by atoms with Crippen LogP contribution < -0.4 is 10.9 Å². The van der Waals surface area contributed by atoms with Crippen molar-refractivity contribution in [3.63, 3.8) is 0 Å². The summed E-state index contributed by atoms with van der Waals surface area (Å²) in [6, 6.07) is 9.03. The molecule has 0 bridgehead atoms. The van der Waals surface area contributed by atoms with Gasteiger partial charge in [0.2, 0.25) is 0 Å². The smallest absolute Gasteiger partial charge is 0.267 e. The average molecular weight is 358 g/mol. The van der Waals surface area contributed by atoms with Crippen LogP contribution in [0.1, 0.15) is 20.7 Å². The highest BCUT2D eigenvalue weighted by Gasteiger charge is 2.17. The Hall–Kier alpha value is -2.19. The highest BCUT2D eigenvalue weighted by molar-refractivity contribution is 7.99. The molecule has 1 aromatic carbocycles. The number of nitrogens with one attached hydrogen (secondary N) is 2. The Morgan fingerprint density at radius 3 is 2.30 bits per heavy atom. The molecule has 2 aromatic rings. The van der Waals surface area contributed by atoms with Gasteiger partial charge in [0.15, 0.2) is 0 Å². The fourth-order valence-electron chi connectivity index (χ4n) is 1.64. The summed E-state index contributed by atoms with van der Waals surface area (Å²) < 4.78 is 24.9. The first-order valence-corrected chi connectivity index (χ1v) is 7.50. The van der Waals surface area contributed by atoms with Gasteiger partial charge in [-0.05, 0) is 36.0 Å². The molecule has 9 heteroatoms. The molecule has 2 amide bonds. The van der Waals surface area contributed by atoms with Gasteiger partial charge in [-0.3, -0.25) is 20.4 Å². The fourth-order valence-corrected chi connectivity index (χ4v) is 2.44. The molecule has 0 atom stereocenters. The minimum absolute atomic E-state index is 0.0720. The van der Waals surface area contributed by atoms with E-state index in [-0.39, 0.29) is 32.9 Å². The van der Waals surface area contributed by atoms with Crippen molar-refractivity contribution in [2.24, 2.45) is 0 Å². The largest absolute Gasteiger partial charge is 0.290 e. The Morgan fingerprint density at radius 2 is 1.65 bits per heavy atom. The zero-order valence-corrected chi connectivity index (χ0v) is 13.0. The average Bonchev–Trinajstić information content (AvgIpc) is 2.52. The number of hydrogen-bond acceptors (Lipinski definition) is 4. The predicted octanol–water partition coefficient (Wildman–Crippen LogP) is 3.12. The third-order valence-electron chi connectivity index (χ3n) is 2.62. The summed E-state index contributed by atoms with van der Waals surface area (Å²) in [6.07, 6.45) is 1.30. The van der Waals surface area contributed by atoms with Crippen LogP contribution in [0.5, 0.6) is 0 Å². The second kappa shape index (κ2) is 7.89. The number of thioether (sulfide) groups is 1. The van der Waals surface area contributed by atoms with Crippen LogP contribution >= 0.6 is 23.4 Å². The minimum atomic E-state index is -2.71. The first-order valence-electron chi connectivity index (χ1n) is 6.24. The Bertz CT molecular complexity index is 731. The summed E-state index contributed by atoms with van der Waals surface area (Å²) in [5.41, 5.74) is 4.41. The van der Waals surface area contributed by atoms with Crippen molar-refractivity contribution in [2.45, 2.75) is 10.8 Å². The summed E-state index contributed by atoms with van der Waals surface area (Å²) in [5.74, 6) is -4.10. The van der Waals surface area contributed by atoms with Crippen LogP contribution in [-0.2, 0) is 0 Å². The molecule has 0 radical (unpaired) electrons. The zero-order chi connectivity index (χ0) is 16.8. The maximum Gasteiger partial charge on any atom is 0.290 e. The molecular weight excluding hydrogens is 348 g/mol. The van der Waals surface area contributed by atoms with E-state index in [9.17, 15) is 18.4 Å². The number of benzene rings is 1. The highest BCUT2D eigenvalue weighted by Crippen LogP contribution is 2.26. The number of amides is 2. The van der Waals surface area contributed by atoms with E-state index in [1.165, 1.54) is 30.5 Å². The van der Waals surface area contributed by atoms with E-state index in [1.807, 2.05) is 0 Å². The van der Waals surface area contributed by atoms with E-state index in [1.54, 1.807) is 12.1 Å². The predicted molar refractivity (Wildman–Crippen MR) is 82.5 cm³/mol. The molecule has 120 valence electrons. The standard InChI is InChI=1S/C14H10ClF2N3O2S/c15-10-6-2-1-4-8(10)11(21)19-20-12(22)9-5-3-7-18-13(9)23-14(16)17/h1-7,14H,(H,19,21)(H,20,22). The van der Waals surface area contributed by atoms with Crippen LogP contribution in [0.4, 0.5) is 8.78 Å². The van der Waals surface area contributed by atoms with Crippen molar-refractivity contribution in [3.05, 3.63) is 58.7 Å². The van der Waals surface area contributed by atoms with Gasteiger partial charge in [0.25, 0.3) is 17.6 Å². The van der Waals surface area contributed by atoms with Crippen LogP contribution in [0, 0.1) is 0 Å². The molecule has 1 aromatic heterocycles. The molecule has 0 saturated carbocycles. The first kappa shape index (κ1) is 17.2. The van der Waals surface area contributed by atoms with Gasteiger partial charge >= 0.3 is 0 Å². The molecule has 2 rings (SSSR count). The van der Waals surface area contributed by atoms with Crippen molar-refractivity contribution in [1.82, 2.24) is 15.8 Å². The molecule has 0 fully saturated rings. The Balaban J connectivity index is 2.06. The number of carbonyl (C=O) groups excluding carboxylic acids is 2. The van der Waals surface area contributed by atoms with Gasteiger partial charge in [-0.25, -0.2) is 4.98 Å².